The lowest BCUT2D eigenvalue weighted by atomic mass is 10.1. The Labute approximate surface area is 93.2 Å². The molecule has 1 fully saturated rings. The Balaban J connectivity index is 2.82. The topological polar surface area (TPSA) is 50.1 Å². The van der Waals surface area contributed by atoms with Gasteiger partial charge in [0.15, 0.2) is 11.1 Å². The van der Waals surface area contributed by atoms with Crippen LogP contribution in [0.25, 0.3) is 0 Å². The van der Waals surface area contributed by atoms with Crippen LogP contribution in [-0.4, -0.2) is 23.1 Å². The van der Waals surface area contributed by atoms with Crippen molar-refractivity contribution in [1.29, 1.82) is 5.26 Å². The van der Waals surface area contributed by atoms with E-state index in [4.69, 9.17) is 21.6 Å². The third-order valence-electron chi connectivity index (χ3n) is 2.34. The average Bonchev–Trinajstić information content (AvgIpc) is 2.71. The first-order valence-electron chi connectivity index (χ1n) is 4.60. The molecule has 0 aromatic rings. The highest BCUT2D eigenvalue weighted by Crippen LogP contribution is 2.60. The molecule has 0 N–H and O–H groups in total. The van der Waals surface area contributed by atoms with E-state index < -0.39 is 22.7 Å². The summed E-state index contributed by atoms with van der Waals surface area (Å²) in [5, 5.41) is 8.84. The largest absolute Gasteiger partial charge is 0.459 e. The number of hydrogen-bond donors (Lipinski definition) is 0. The van der Waals surface area contributed by atoms with Gasteiger partial charge in [0, 0.05) is 6.42 Å². The number of hydrogen-bond acceptors (Lipinski definition) is 3. The van der Waals surface area contributed by atoms with Crippen LogP contribution >= 0.6 is 11.6 Å². The van der Waals surface area contributed by atoms with Gasteiger partial charge in [0.1, 0.15) is 5.60 Å². The molecule has 0 amide bonds. The van der Waals surface area contributed by atoms with Gasteiger partial charge in [0.2, 0.25) is 0 Å². The molecule has 15 heavy (non-hydrogen) atoms. The van der Waals surface area contributed by atoms with Gasteiger partial charge >= 0.3 is 5.97 Å². The maximum Gasteiger partial charge on any atom is 0.330 e. The van der Waals surface area contributed by atoms with Gasteiger partial charge in [-0.15, -0.1) is 11.6 Å². The zero-order chi connectivity index (χ0) is 11.9. The lowest BCUT2D eigenvalue weighted by molar-refractivity contribution is -0.160. The van der Waals surface area contributed by atoms with Crippen molar-refractivity contribution in [3.63, 3.8) is 0 Å². The molecule has 0 saturated heterocycles. The summed E-state index contributed by atoms with van der Waals surface area (Å²) in [5.41, 5.74) is -4.34. The maximum atomic E-state index is 13.7. The number of nitrogens with zero attached hydrogens (tertiary/aromatic N) is 1. The molecule has 1 aliphatic carbocycles. The SMILES string of the molecule is CC(C)(C)OC(=O)C1(C#N)CC1(F)CCl. The van der Waals surface area contributed by atoms with Crippen molar-refractivity contribution in [2.75, 3.05) is 5.88 Å². The van der Waals surface area contributed by atoms with Crippen LogP contribution in [0.3, 0.4) is 0 Å². The number of halogens is 2. The lowest BCUT2D eigenvalue weighted by Gasteiger charge is -2.22. The van der Waals surface area contributed by atoms with Crippen LogP contribution in [0.4, 0.5) is 4.39 Å². The molecule has 2 atom stereocenters. The van der Waals surface area contributed by atoms with E-state index >= 15 is 0 Å². The molecule has 0 radical (unpaired) electrons. The summed E-state index contributed by atoms with van der Waals surface area (Å²) in [6.45, 7) is 5.00. The minimum Gasteiger partial charge on any atom is -0.459 e. The van der Waals surface area contributed by atoms with Crippen LogP contribution in [0, 0.1) is 16.7 Å². The van der Waals surface area contributed by atoms with Crippen molar-refractivity contribution in [2.24, 2.45) is 5.41 Å². The molecule has 0 aromatic carbocycles. The maximum absolute atomic E-state index is 13.7. The zero-order valence-corrected chi connectivity index (χ0v) is 9.69. The smallest absolute Gasteiger partial charge is 0.330 e. The van der Waals surface area contributed by atoms with Gasteiger partial charge in [-0.3, -0.25) is 4.79 Å². The molecule has 84 valence electrons. The zero-order valence-electron chi connectivity index (χ0n) is 8.93. The standard InChI is InChI=1S/C10H13ClFNO2/c1-8(2,3)15-7(14)9(6-13)4-10(9,12)5-11/h4-5H2,1-3H3. The van der Waals surface area contributed by atoms with Crippen LogP contribution in [0.1, 0.15) is 27.2 Å². The third-order valence-corrected chi connectivity index (χ3v) is 2.76. The highest BCUT2D eigenvalue weighted by molar-refractivity contribution is 6.19. The monoisotopic (exact) mass is 233 g/mol. The van der Waals surface area contributed by atoms with Crippen LogP contribution < -0.4 is 0 Å². The summed E-state index contributed by atoms with van der Waals surface area (Å²) >= 11 is 5.38. The number of carbonyl (C=O) groups excluding carboxylic acids is 1. The fourth-order valence-corrected chi connectivity index (χ4v) is 1.67. The summed E-state index contributed by atoms with van der Waals surface area (Å²) in [5.74, 6) is -1.18. The normalized spacial score (nSPS) is 34.4. The van der Waals surface area contributed by atoms with Crippen LogP contribution in [-0.2, 0) is 9.53 Å². The second-order valence-corrected chi connectivity index (χ2v) is 5.06. The van der Waals surface area contributed by atoms with Gasteiger partial charge < -0.3 is 4.74 Å². The molecule has 2 unspecified atom stereocenters. The van der Waals surface area contributed by atoms with Crippen molar-refractivity contribution >= 4 is 17.6 Å². The molecule has 1 saturated carbocycles. The Bertz CT molecular complexity index is 333. The second-order valence-electron chi connectivity index (χ2n) is 4.79. The van der Waals surface area contributed by atoms with Gasteiger partial charge in [-0.05, 0) is 20.8 Å². The number of ether oxygens (including phenoxy) is 1. The van der Waals surface area contributed by atoms with Gasteiger partial charge in [-0.2, -0.15) is 5.26 Å². The van der Waals surface area contributed by atoms with E-state index in [0.29, 0.717) is 0 Å². The first-order chi connectivity index (χ1) is 6.71. The van der Waals surface area contributed by atoms with E-state index in [1.807, 2.05) is 0 Å². The summed E-state index contributed by atoms with van der Waals surface area (Å²) in [6, 6.07) is 1.68. The molecule has 5 heteroatoms. The average molecular weight is 234 g/mol. The predicted molar refractivity (Wildman–Crippen MR) is 53.1 cm³/mol. The summed E-state index contributed by atoms with van der Waals surface area (Å²) in [7, 11) is 0. The van der Waals surface area contributed by atoms with Crippen LogP contribution in [0.15, 0.2) is 0 Å². The minimum absolute atomic E-state index is 0.172. The molecule has 1 rings (SSSR count). The molecular formula is C10H13ClFNO2. The summed E-state index contributed by atoms with van der Waals surface area (Å²) < 4.78 is 18.7. The highest BCUT2D eigenvalue weighted by Gasteiger charge is 2.76. The van der Waals surface area contributed by atoms with Crippen molar-refractivity contribution in [3.05, 3.63) is 0 Å². The van der Waals surface area contributed by atoms with E-state index in [0.717, 1.165) is 0 Å². The van der Waals surface area contributed by atoms with E-state index in [-0.39, 0.29) is 12.3 Å². The highest BCUT2D eigenvalue weighted by atomic mass is 35.5. The number of carbonyl (C=O) groups is 1. The van der Waals surface area contributed by atoms with Crippen LogP contribution in [0.5, 0.6) is 0 Å². The first-order valence-corrected chi connectivity index (χ1v) is 5.14. The lowest BCUT2D eigenvalue weighted by Crippen LogP contribution is -2.33. The van der Waals surface area contributed by atoms with E-state index in [1.54, 1.807) is 26.8 Å². The fourth-order valence-electron chi connectivity index (χ4n) is 1.34. The van der Waals surface area contributed by atoms with E-state index in [1.165, 1.54) is 0 Å². The Hall–Kier alpha value is -0.820. The van der Waals surface area contributed by atoms with Gasteiger partial charge in [-0.25, -0.2) is 4.39 Å². The van der Waals surface area contributed by atoms with Gasteiger partial charge in [0.05, 0.1) is 11.9 Å². The summed E-state index contributed by atoms with van der Waals surface area (Å²) in [6.07, 6.45) is -0.172. The Kier molecular flexibility index (Phi) is 2.73. The van der Waals surface area contributed by atoms with Crippen molar-refractivity contribution in [3.8, 4) is 6.07 Å². The van der Waals surface area contributed by atoms with E-state index in [9.17, 15) is 9.18 Å². The van der Waals surface area contributed by atoms with Crippen molar-refractivity contribution in [1.82, 2.24) is 0 Å². The summed E-state index contributed by atoms with van der Waals surface area (Å²) in [4.78, 5) is 11.6. The van der Waals surface area contributed by atoms with Gasteiger partial charge in [0.25, 0.3) is 0 Å². The molecule has 0 spiro atoms. The molecule has 0 heterocycles. The fraction of sp³-hybridized carbons (Fsp3) is 0.800. The Morgan fingerprint density at radius 1 is 1.67 bits per heavy atom. The number of rotatable bonds is 2. The molecule has 3 nitrogen and oxygen atoms in total. The second kappa shape index (κ2) is 3.34. The minimum atomic E-state index is -1.92. The molecular weight excluding hydrogens is 221 g/mol. The van der Waals surface area contributed by atoms with E-state index in [2.05, 4.69) is 0 Å². The number of esters is 1. The quantitative estimate of drug-likeness (QED) is 0.543. The van der Waals surface area contributed by atoms with Gasteiger partial charge in [-0.1, -0.05) is 0 Å². The Morgan fingerprint density at radius 2 is 2.20 bits per heavy atom. The van der Waals surface area contributed by atoms with Crippen LogP contribution in [0.2, 0.25) is 0 Å². The predicted octanol–water partition coefficient (Wildman–Crippen LogP) is 2.19. The van der Waals surface area contributed by atoms with Crippen molar-refractivity contribution < 1.29 is 13.9 Å². The number of alkyl halides is 2. The molecule has 1 aliphatic rings. The molecule has 0 aliphatic heterocycles. The Morgan fingerprint density at radius 3 is 2.47 bits per heavy atom. The molecule has 0 bridgehead atoms. The number of nitriles is 1. The molecule has 0 aromatic heterocycles. The third kappa shape index (κ3) is 1.93. The first kappa shape index (κ1) is 12.3. The van der Waals surface area contributed by atoms with Crippen molar-refractivity contribution in [2.45, 2.75) is 38.5 Å².